The molecule has 0 spiro atoms. The molecule has 1 aliphatic carbocycles. The third-order valence-corrected chi connectivity index (χ3v) is 3.97. The summed E-state index contributed by atoms with van der Waals surface area (Å²) >= 11 is 0. The molecule has 1 aromatic rings. The number of imidazole rings is 1. The van der Waals surface area contributed by atoms with E-state index < -0.39 is 0 Å². The van der Waals surface area contributed by atoms with Gasteiger partial charge in [0.05, 0.1) is 0 Å². The Morgan fingerprint density at radius 2 is 2.29 bits per heavy atom. The maximum absolute atomic E-state index is 4.38. The van der Waals surface area contributed by atoms with Crippen molar-refractivity contribution in [3.63, 3.8) is 0 Å². The lowest BCUT2D eigenvalue weighted by molar-refractivity contribution is 0.260. The van der Waals surface area contributed by atoms with Crippen LogP contribution in [0, 0.1) is 11.8 Å². The molecule has 3 nitrogen and oxygen atoms in total. The number of rotatable bonds is 4. The first-order valence-electron chi connectivity index (χ1n) is 6.59. The van der Waals surface area contributed by atoms with Crippen LogP contribution >= 0.6 is 0 Å². The smallest absolute Gasteiger partial charge is 0.203 e. The second kappa shape index (κ2) is 5.39. The Morgan fingerprint density at radius 1 is 1.47 bits per heavy atom. The normalized spacial score (nSPS) is 28.9. The van der Waals surface area contributed by atoms with Crippen LogP contribution in [0.1, 0.15) is 33.1 Å². The zero-order valence-electron chi connectivity index (χ0n) is 10.9. The quantitative estimate of drug-likeness (QED) is 0.809. The summed E-state index contributed by atoms with van der Waals surface area (Å²) < 4.78 is 2.11. The highest BCUT2D eigenvalue weighted by Crippen LogP contribution is 2.30. The number of nitrogens with zero attached hydrogens (tertiary/aromatic N) is 2. The van der Waals surface area contributed by atoms with Gasteiger partial charge in [-0.05, 0) is 31.1 Å². The van der Waals surface area contributed by atoms with Crippen LogP contribution in [-0.4, -0.2) is 15.6 Å². The Hall–Kier alpha value is -1.25. The first-order valence-corrected chi connectivity index (χ1v) is 6.59. The second-order valence-corrected chi connectivity index (χ2v) is 5.30. The van der Waals surface area contributed by atoms with Crippen LogP contribution in [0.4, 0.5) is 5.95 Å². The summed E-state index contributed by atoms with van der Waals surface area (Å²) in [6.07, 6.45) is 9.58. The molecule has 0 aliphatic heterocycles. The van der Waals surface area contributed by atoms with Crippen LogP contribution in [-0.2, 0) is 6.54 Å². The van der Waals surface area contributed by atoms with E-state index in [-0.39, 0.29) is 0 Å². The molecule has 94 valence electrons. The summed E-state index contributed by atoms with van der Waals surface area (Å²) in [5.74, 6) is 2.65. The molecule has 0 bridgehead atoms. The third-order valence-electron chi connectivity index (χ3n) is 3.97. The van der Waals surface area contributed by atoms with Gasteiger partial charge in [-0.3, -0.25) is 0 Å². The van der Waals surface area contributed by atoms with E-state index in [2.05, 4.69) is 35.3 Å². The van der Waals surface area contributed by atoms with E-state index in [1.165, 1.54) is 19.3 Å². The van der Waals surface area contributed by atoms with E-state index in [0.29, 0.717) is 6.04 Å². The van der Waals surface area contributed by atoms with Gasteiger partial charge in [0, 0.05) is 25.0 Å². The van der Waals surface area contributed by atoms with Crippen molar-refractivity contribution in [2.75, 3.05) is 5.32 Å². The standard InChI is InChI=1S/C14H23N3/c1-4-8-17-9-7-15-14(17)16-13-6-5-11(2)12(3)10-13/h4,7,9,11-13H,1,5-6,8,10H2,2-3H3,(H,15,16). The average Bonchev–Trinajstić information content (AvgIpc) is 2.72. The highest BCUT2D eigenvalue weighted by atomic mass is 15.2. The van der Waals surface area contributed by atoms with Gasteiger partial charge in [0.1, 0.15) is 0 Å². The van der Waals surface area contributed by atoms with Crippen molar-refractivity contribution in [2.24, 2.45) is 11.8 Å². The van der Waals surface area contributed by atoms with E-state index in [1.807, 2.05) is 18.5 Å². The van der Waals surface area contributed by atoms with E-state index in [0.717, 1.165) is 24.3 Å². The Labute approximate surface area is 104 Å². The van der Waals surface area contributed by atoms with Gasteiger partial charge in [-0.1, -0.05) is 19.9 Å². The van der Waals surface area contributed by atoms with Crippen LogP contribution in [0.15, 0.2) is 25.0 Å². The van der Waals surface area contributed by atoms with Gasteiger partial charge in [0.2, 0.25) is 5.95 Å². The molecule has 3 atom stereocenters. The molecule has 1 aliphatic rings. The molecule has 0 amide bonds. The van der Waals surface area contributed by atoms with E-state index in [1.54, 1.807) is 0 Å². The number of hydrogen-bond donors (Lipinski definition) is 1. The van der Waals surface area contributed by atoms with Gasteiger partial charge in [-0.2, -0.15) is 0 Å². The molecule has 3 heteroatoms. The zero-order valence-corrected chi connectivity index (χ0v) is 10.9. The minimum atomic E-state index is 0.576. The molecule has 3 unspecified atom stereocenters. The van der Waals surface area contributed by atoms with Gasteiger partial charge in [-0.15, -0.1) is 6.58 Å². The van der Waals surface area contributed by atoms with Crippen molar-refractivity contribution in [1.29, 1.82) is 0 Å². The third kappa shape index (κ3) is 2.90. The maximum atomic E-state index is 4.38. The fourth-order valence-corrected chi connectivity index (χ4v) is 2.60. The summed E-state index contributed by atoms with van der Waals surface area (Å²) in [5.41, 5.74) is 0. The number of allylic oxidation sites excluding steroid dienone is 1. The molecule has 1 N–H and O–H groups in total. The number of nitrogens with one attached hydrogen (secondary N) is 1. The SMILES string of the molecule is C=CCn1ccnc1NC1CCC(C)C(C)C1. The molecule has 1 heterocycles. The minimum Gasteiger partial charge on any atom is -0.353 e. The number of hydrogen-bond acceptors (Lipinski definition) is 2. The molecule has 1 fully saturated rings. The highest BCUT2D eigenvalue weighted by Gasteiger charge is 2.24. The van der Waals surface area contributed by atoms with E-state index in [4.69, 9.17) is 0 Å². The molecule has 1 saturated carbocycles. The van der Waals surface area contributed by atoms with Crippen molar-refractivity contribution in [3.05, 3.63) is 25.0 Å². The predicted octanol–water partition coefficient (Wildman–Crippen LogP) is 3.31. The van der Waals surface area contributed by atoms with Crippen molar-refractivity contribution >= 4 is 5.95 Å². The highest BCUT2D eigenvalue weighted by molar-refractivity contribution is 5.28. The van der Waals surface area contributed by atoms with E-state index in [9.17, 15) is 0 Å². The molecule has 0 radical (unpaired) electrons. The Balaban J connectivity index is 1.96. The molecule has 0 aromatic carbocycles. The molecular weight excluding hydrogens is 210 g/mol. The van der Waals surface area contributed by atoms with Crippen molar-refractivity contribution in [3.8, 4) is 0 Å². The maximum Gasteiger partial charge on any atom is 0.203 e. The Bertz CT molecular complexity index is 369. The lowest BCUT2D eigenvalue weighted by Crippen LogP contribution is -2.31. The van der Waals surface area contributed by atoms with Gasteiger partial charge in [-0.25, -0.2) is 4.98 Å². The fraction of sp³-hybridized carbons (Fsp3) is 0.643. The number of anilines is 1. The summed E-state index contributed by atoms with van der Waals surface area (Å²) in [6, 6.07) is 0.576. The monoisotopic (exact) mass is 233 g/mol. The molecular formula is C14H23N3. The Morgan fingerprint density at radius 3 is 3.00 bits per heavy atom. The van der Waals surface area contributed by atoms with Gasteiger partial charge in [0.25, 0.3) is 0 Å². The van der Waals surface area contributed by atoms with Crippen LogP contribution in [0.2, 0.25) is 0 Å². The second-order valence-electron chi connectivity index (χ2n) is 5.30. The van der Waals surface area contributed by atoms with Crippen LogP contribution in [0.25, 0.3) is 0 Å². The summed E-state index contributed by atoms with van der Waals surface area (Å²) in [5, 5.41) is 3.57. The van der Waals surface area contributed by atoms with E-state index >= 15 is 0 Å². The Kier molecular flexibility index (Phi) is 3.87. The van der Waals surface area contributed by atoms with Gasteiger partial charge >= 0.3 is 0 Å². The van der Waals surface area contributed by atoms with Gasteiger partial charge in [0.15, 0.2) is 0 Å². The predicted molar refractivity (Wildman–Crippen MR) is 72.0 cm³/mol. The number of aromatic nitrogens is 2. The summed E-state index contributed by atoms with van der Waals surface area (Å²) in [7, 11) is 0. The van der Waals surface area contributed by atoms with Gasteiger partial charge < -0.3 is 9.88 Å². The summed E-state index contributed by atoms with van der Waals surface area (Å²) in [6.45, 7) is 9.31. The van der Waals surface area contributed by atoms with Crippen molar-refractivity contribution in [2.45, 2.75) is 45.7 Å². The first-order chi connectivity index (χ1) is 8.20. The largest absolute Gasteiger partial charge is 0.353 e. The van der Waals surface area contributed by atoms with Crippen molar-refractivity contribution < 1.29 is 0 Å². The first kappa shape index (κ1) is 12.2. The fourth-order valence-electron chi connectivity index (χ4n) is 2.60. The topological polar surface area (TPSA) is 29.9 Å². The molecule has 2 rings (SSSR count). The van der Waals surface area contributed by atoms with Crippen molar-refractivity contribution in [1.82, 2.24) is 9.55 Å². The minimum absolute atomic E-state index is 0.576. The molecule has 0 saturated heterocycles. The van der Waals surface area contributed by atoms with Crippen LogP contribution in [0.5, 0.6) is 0 Å². The lowest BCUT2D eigenvalue weighted by Gasteiger charge is -2.32. The lowest BCUT2D eigenvalue weighted by atomic mass is 9.79. The summed E-state index contributed by atoms with van der Waals surface area (Å²) in [4.78, 5) is 4.38. The molecule has 17 heavy (non-hydrogen) atoms. The van der Waals surface area contributed by atoms with Crippen LogP contribution in [0.3, 0.4) is 0 Å². The zero-order chi connectivity index (χ0) is 12.3. The molecule has 1 aromatic heterocycles. The van der Waals surface area contributed by atoms with Crippen LogP contribution < -0.4 is 5.32 Å². The average molecular weight is 233 g/mol.